The molecule has 0 spiro atoms. The molecule has 0 aliphatic carbocycles. The van der Waals surface area contributed by atoms with Crippen molar-refractivity contribution in [1.29, 1.82) is 0 Å². The summed E-state index contributed by atoms with van der Waals surface area (Å²) in [5.74, 6) is 3.57. The number of nitrogens with one attached hydrogen (secondary N) is 1. The van der Waals surface area contributed by atoms with E-state index in [0.717, 1.165) is 41.7 Å². The van der Waals surface area contributed by atoms with Crippen molar-refractivity contribution in [2.75, 3.05) is 31.4 Å². The van der Waals surface area contributed by atoms with Crippen LogP contribution in [-0.2, 0) is 6.54 Å². The van der Waals surface area contributed by atoms with Crippen LogP contribution in [0.1, 0.15) is 5.56 Å². The molecule has 2 aliphatic heterocycles. The molecular formula is C13H16N2O3S. The lowest BCUT2D eigenvalue weighted by atomic mass is 10.2. The molecule has 2 amide bonds. The summed E-state index contributed by atoms with van der Waals surface area (Å²) >= 11 is 1.89. The molecule has 0 unspecified atom stereocenters. The summed E-state index contributed by atoms with van der Waals surface area (Å²) in [7, 11) is 0. The number of ether oxygens (including phenoxy) is 2. The normalized spacial score (nSPS) is 17.4. The van der Waals surface area contributed by atoms with Crippen LogP contribution in [0.4, 0.5) is 4.79 Å². The second-order valence-corrected chi connectivity index (χ2v) is 5.67. The first kappa shape index (κ1) is 12.5. The second kappa shape index (κ2) is 5.61. The molecule has 0 aromatic heterocycles. The van der Waals surface area contributed by atoms with Crippen LogP contribution < -0.4 is 14.8 Å². The number of nitrogens with zero attached hydrogens (tertiary/aromatic N) is 1. The summed E-state index contributed by atoms with van der Waals surface area (Å²) in [5.41, 5.74) is 1.02. The number of amides is 2. The van der Waals surface area contributed by atoms with Crippen molar-refractivity contribution in [3.8, 4) is 11.5 Å². The molecule has 1 aromatic carbocycles. The van der Waals surface area contributed by atoms with Crippen molar-refractivity contribution in [1.82, 2.24) is 10.2 Å². The summed E-state index contributed by atoms with van der Waals surface area (Å²) in [6.07, 6.45) is 0. The molecule has 0 atom stereocenters. The lowest BCUT2D eigenvalue weighted by Gasteiger charge is -2.26. The lowest BCUT2D eigenvalue weighted by molar-refractivity contribution is 0.174. The number of hydrogen-bond donors (Lipinski definition) is 1. The predicted molar refractivity (Wildman–Crippen MR) is 73.7 cm³/mol. The molecule has 2 heterocycles. The van der Waals surface area contributed by atoms with Crippen LogP contribution in [0.3, 0.4) is 0 Å². The highest BCUT2D eigenvalue weighted by Crippen LogP contribution is 2.32. The summed E-state index contributed by atoms with van der Waals surface area (Å²) in [6.45, 7) is 2.45. The molecule has 19 heavy (non-hydrogen) atoms. The van der Waals surface area contributed by atoms with Crippen LogP contribution >= 0.6 is 11.8 Å². The third kappa shape index (κ3) is 2.89. The maximum Gasteiger partial charge on any atom is 0.317 e. The van der Waals surface area contributed by atoms with Gasteiger partial charge in [0.1, 0.15) is 0 Å². The Bertz CT molecular complexity index is 475. The van der Waals surface area contributed by atoms with Gasteiger partial charge in [-0.1, -0.05) is 6.07 Å². The van der Waals surface area contributed by atoms with Gasteiger partial charge in [-0.05, 0) is 17.7 Å². The second-order valence-electron chi connectivity index (χ2n) is 4.45. The zero-order valence-electron chi connectivity index (χ0n) is 10.6. The highest BCUT2D eigenvalue weighted by Gasteiger charge is 2.17. The third-order valence-electron chi connectivity index (χ3n) is 3.18. The Morgan fingerprint density at radius 2 is 2.05 bits per heavy atom. The van der Waals surface area contributed by atoms with Gasteiger partial charge in [0.25, 0.3) is 0 Å². The average molecular weight is 280 g/mol. The molecule has 6 heteroatoms. The van der Waals surface area contributed by atoms with E-state index in [1.165, 1.54) is 0 Å². The van der Waals surface area contributed by atoms with Crippen molar-refractivity contribution < 1.29 is 14.3 Å². The Kier molecular flexibility index (Phi) is 3.68. The maximum absolute atomic E-state index is 12.0. The summed E-state index contributed by atoms with van der Waals surface area (Å²) < 4.78 is 10.6. The number of hydrogen-bond acceptors (Lipinski definition) is 4. The number of benzene rings is 1. The maximum atomic E-state index is 12.0. The van der Waals surface area contributed by atoms with E-state index in [9.17, 15) is 4.79 Å². The van der Waals surface area contributed by atoms with Crippen LogP contribution in [0.2, 0.25) is 0 Å². The number of fused-ring (bicyclic) bond motifs is 1. The quantitative estimate of drug-likeness (QED) is 0.895. The van der Waals surface area contributed by atoms with E-state index in [1.807, 2.05) is 34.9 Å². The summed E-state index contributed by atoms with van der Waals surface area (Å²) in [5, 5.41) is 2.94. The van der Waals surface area contributed by atoms with Gasteiger partial charge in [0.2, 0.25) is 6.79 Å². The highest BCUT2D eigenvalue weighted by atomic mass is 32.2. The average Bonchev–Trinajstić information content (AvgIpc) is 2.93. The number of urea groups is 1. The molecular weight excluding hydrogens is 264 g/mol. The Morgan fingerprint density at radius 3 is 2.89 bits per heavy atom. The molecule has 102 valence electrons. The summed E-state index contributed by atoms with van der Waals surface area (Å²) in [4.78, 5) is 13.8. The Labute approximate surface area is 116 Å². The highest BCUT2D eigenvalue weighted by molar-refractivity contribution is 7.99. The van der Waals surface area contributed by atoms with E-state index in [2.05, 4.69) is 5.32 Å². The molecule has 2 aliphatic rings. The van der Waals surface area contributed by atoms with Gasteiger partial charge in [0.05, 0.1) is 0 Å². The van der Waals surface area contributed by atoms with Gasteiger partial charge >= 0.3 is 6.03 Å². The molecule has 0 saturated carbocycles. The van der Waals surface area contributed by atoms with Gasteiger partial charge in [-0.15, -0.1) is 0 Å². The first-order chi connectivity index (χ1) is 9.33. The van der Waals surface area contributed by atoms with Crippen LogP contribution in [0.25, 0.3) is 0 Å². The van der Waals surface area contributed by atoms with Gasteiger partial charge in [-0.3, -0.25) is 0 Å². The van der Waals surface area contributed by atoms with Crippen molar-refractivity contribution in [2.45, 2.75) is 6.54 Å². The molecule has 1 saturated heterocycles. The van der Waals surface area contributed by atoms with Crippen molar-refractivity contribution in [3.63, 3.8) is 0 Å². The van der Waals surface area contributed by atoms with E-state index in [0.29, 0.717) is 6.54 Å². The van der Waals surface area contributed by atoms with E-state index >= 15 is 0 Å². The Hall–Kier alpha value is -1.56. The standard InChI is InChI=1S/C13H16N2O3S/c16-13(15-3-5-19-6-4-15)14-8-10-1-2-11-12(7-10)18-9-17-11/h1-2,7H,3-6,8-9H2,(H,14,16). The molecule has 1 aromatic rings. The number of thioether (sulfide) groups is 1. The van der Waals surface area contributed by atoms with Crippen molar-refractivity contribution in [3.05, 3.63) is 23.8 Å². The number of carbonyl (C=O) groups is 1. The zero-order chi connectivity index (χ0) is 13.1. The van der Waals surface area contributed by atoms with Crippen LogP contribution in [0, 0.1) is 0 Å². The molecule has 1 N–H and O–H groups in total. The predicted octanol–water partition coefficient (Wildman–Crippen LogP) is 1.67. The lowest BCUT2D eigenvalue weighted by Crippen LogP contribution is -2.44. The molecule has 0 radical (unpaired) electrons. The topological polar surface area (TPSA) is 50.8 Å². The molecule has 1 fully saturated rings. The van der Waals surface area contributed by atoms with Gasteiger partial charge < -0.3 is 19.7 Å². The van der Waals surface area contributed by atoms with Gasteiger partial charge in [0.15, 0.2) is 11.5 Å². The number of rotatable bonds is 2. The SMILES string of the molecule is O=C(NCc1ccc2c(c1)OCO2)N1CCSCC1. The smallest absolute Gasteiger partial charge is 0.317 e. The summed E-state index contributed by atoms with van der Waals surface area (Å²) in [6, 6.07) is 5.74. The minimum absolute atomic E-state index is 0.0120. The Balaban J connectivity index is 1.55. The van der Waals surface area contributed by atoms with E-state index < -0.39 is 0 Å². The van der Waals surface area contributed by atoms with E-state index in [4.69, 9.17) is 9.47 Å². The van der Waals surface area contributed by atoms with Crippen molar-refractivity contribution >= 4 is 17.8 Å². The first-order valence-electron chi connectivity index (χ1n) is 6.32. The minimum atomic E-state index is 0.0120. The van der Waals surface area contributed by atoms with Crippen molar-refractivity contribution in [2.24, 2.45) is 0 Å². The van der Waals surface area contributed by atoms with Crippen LogP contribution in [0.15, 0.2) is 18.2 Å². The Morgan fingerprint density at radius 1 is 1.26 bits per heavy atom. The number of carbonyl (C=O) groups excluding carboxylic acids is 1. The fourth-order valence-electron chi connectivity index (χ4n) is 2.11. The van der Waals surface area contributed by atoms with E-state index in [-0.39, 0.29) is 12.8 Å². The van der Waals surface area contributed by atoms with Gasteiger partial charge in [0, 0.05) is 31.1 Å². The fraction of sp³-hybridized carbons (Fsp3) is 0.462. The minimum Gasteiger partial charge on any atom is -0.454 e. The molecule has 0 bridgehead atoms. The van der Waals surface area contributed by atoms with Gasteiger partial charge in [-0.25, -0.2) is 4.79 Å². The largest absolute Gasteiger partial charge is 0.454 e. The monoisotopic (exact) mass is 280 g/mol. The first-order valence-corrected chi connectivity index (χ1v) is 7.47. The molecule has 5 nitrogen and oxygen atoms in total. The zero-order valence-corrected chi connectivity index (χ0v) is 11.4. The molecule has 3 rings (SSSR count). The third-order valence-corrected chi connectivity index (χ3v) is 4.12. The fourth-order valence-corrected chi connectivity index (χ4v) is 3.01. The van der Waals surface area contributed by atoms with Crippen LogP contribution in [-0.4, -0.2) is 42.3 Å². The van der Waals surface area contributed by atoms with Crippen LogP contribution in [0.5, 0.6) is 11.5 Å². The van der Waals surface area contributed by atoms with E-state index in [1.54, 1.807) is 0 Å². The van der Waals surface area contributed by atoms with Gasteiger partial charge in [-0.2, -0.15) is 11.8 Å².